The van der Waals surface area contributed by atoms with Gasteiger partial charge in [0.15, 0.2) is 9.84 Å². The molecule has 0 saturated heterocycles. The van der Waals surface area contributed by atoms with E-state index in [-0.39, 0.29) is 54.7 Å². The lowest BCUT2D eigenvalue weighted by molar-refractivity contribution is -0.124. The first kappa shape index (κ1) is 41.7. The highest BCUT2D eigenvalue weighted by Crippen LogP contribution is 2.13. The Morgan fingerprint density at radius 3 is 2.23 bits per heavy atom. The molecule has 0 spiro atoms. The maximum atomic E-state index is 14.0. The normalized spacial score (nSPS) is 13.0. The summed E-state index contributed by atoms with van der Waals surface area (Å²) in [6.45, 7) is 4.22. The molecule has 3 rings (SSSR count). The summed E-state index contributed by atoms with van der Waals surface area (Å²) < 4.78 is 53.7. The lowest BCUT2D eigenvalue weighted by Gasteiger charge is -2.27. The summed E-state index contributed by atoms with van der Waals surface area (Å²) in [5, 5.41) is 19.3. The molecule has 0 aliphatic heterocycles. The molecule has 3 atom stereocenters. The Morgan fingerprint density at radius 2 is 1.62 bits per heavy atom. The predicted molar refractivity (Wildman–Crippen MR) is 182 cm³/mol. The number of aromatic nitrogens is 1. The van der Waals surface area contributed by atoms with Gasteiger partial charge in [0.2, 0.25) is 11.5 Å². The van der Waals surface area contributed by atoms with Crippen LogP contribution in [0.15, 0.2) is 65.6 Å². The molecule has 3 aromatic rings. The lowest BCUT2D eigenvalue weighted by atomic mass is 10.00. The number of pyridine rings is 1. The third kappa shape index (κ3) is 14.1. The van der Waals surface area contributed by atoms with Crippen molar-refractivity contribution in [3.8, 4) is 0 Å². The van der Waals surface area contributed by atoms with E-state index in [9.17, 15) is 36.7 Å². The van der Waals surface area contributed by atoms with Gasteiger partial charge in [0, 0.05) is 31.4 Å². The second-order valence-electron chi connectivity index (χ2n) is 10.9. The Bertz CT molecular complexity index is 1590. The quantitative estimate of drug-likeness (QED) is 0.143. The summed E-state index contributed by atoms with van der Waals surface area (Å²) >= 11 is 0. The molecular formula is C32H42Cl2F2N4O6S. The van der Waals surface area contributed by atoms with Gasteiger partial charge in [-0.05, 0) is 54.2 Å². The van der Waals surface area contributed by atoms with E-state index in [1.165, 1.54) is 6.07 Å². The minimum atomic E-state index is -3.81. The number of aliphatic hydroxyl groups is 1. The van der Waals surface area contributed by atoms with E-state index in [1.54, 1.807) is 0 Å². The molecule has 260 valence electrons. The zero-order valence-electron chi connectivity index (χ0n) is 26.1. The first-order chi connectivity index (χ1) is 21.4. The van der Waals surface area contributed by atoms with E-state index in [0.717, 1.165) is 41.9 Å². The predicted octanol–water partition coefficient (Wildman–Crippen LogP) is 3.25. The van der Waals surface area contributed by atoms with Crippen LogP contribution in [-0.4, -0.2) is 66.6 Å². The molecule has 5 N–H and O–H groups in total. The topological polar surface area (TPSA) is 157 Å². The Balaban J connectivity index is 0.00000552. The number of H-pyrrole nitrogens is 1. The number of nitrogens with one attached hydrogen (secondary N) is 4. The van der Waals surface area contributed by atoms with Crippen molar-refractivity contribution in [3.63, 3.8) is 0 Å². The molecule has 2 amide bonds. The van der Waals surface area contributed by atoms with Crippen molar-refractivity contribution < 1.29 is 31.9 Å². The van der Waals surface area contributed by atoms with Crippen LogP contribution >= 0.6 is 24.8 Å². The van der Waals surface area contributed by atoms with Crippen LogP contribution in [0.5, 0.6) is 0 Å². The number of amides is 2. The number of hydrogen-bond donors (Lipinski definition) is 5. The number of aliphatic hydroxyl groups excluding tert-OH is 1. The maximum absolute atomic E-state index is 14.0. The average Bonchev–Trinajstić information content (AvgIpc) is 2.99. The molecule has 47 heavy (non-hydrogen) atoms. The molecule has 0 radical (unpaired) electrons. The number of halogens is 4. The van der Waals surface area contributed by atoms with Gasteiger partial charge in [0.1, 0.15) is 17.7 Å². The molecule has 0 unspecified atom stereocenters. The molecule has 0 bridgehead atoms. The molecule has 1 heterocycles. The molecule has 0 saturated carbocycles. The first-order valence-corrected chi connectivity index (χ1v) is 16.6. The minimum Gasteiger partial charge on any atom is -0.390 e. The number of benzene rings is 2. The summed E-state index contributed by atoms with van der Waals surface area (Å²) in [4.78, 5) is 40.3. The average molecular weight is 720 g/mol. The van der Waals surface area contributed by atoms with Crippen LogP contribution in [0.25, 0.3) is 0 Å². The van der Waals surface area contributed by atoms with E-state index in [4.69, 9.17) is 0 Å². The first-order valence-electron chi connectivity index (χ1n) is 14.8. The highest BCUT2D eigenvalue weighted by atomic mass is 35.5. The van der Waals surface area contributed by atoms with E-state index >= 15 is 0 Å². The Morgan fingerprint density at radius 1 is 0.936 bits per heavy atom. The maximum Gasteiger partial charge on any atom is 0.253 e. The second-order valence-corrected chi connectivity index (χ2v) is 13.1. The summed E-state index contributed by atoms with van der Waals surface area (Å²) in [5.41, 5.74) is 1.78. The molecule has 15 heteroatoms. The van der Waals surface area contributed by atoms with Gasteiger partial charge < -0.3 is 26.0 Å². The number of rotatable bonds is 17. The number of aromatic amines is 1. The second kappa shape index (κ2) is 20.1. The van der Waals surface area contributed by atoms with E-state index < -0.39 is 62.8 Å². The minimum absolute atomic E-state index is 0. The van der Waals surface area contributed by atoms with Crippen LogP contribution in [0.4, 0.5) is 8.78 Å². The highest BCUT2D eigenvalue weighted by Gasteiger charge is 2.31. The zero-order valence-corrected chi connectivity index (χ0v) is 28.6. The Kier molecular flexibility index (Phi) is 17.8. The number of sulfone groups is 1. The number of hydrogen-bond acceptors (Lipinski definition) is 7. The van der Waals surface area contributed by atoms with Gasteiger partial charge in [0.25, 0.3) is 5.91 Å². The molecule has 1 aromatic heterocycles. The van der Waals surface area contributed by atoms with E-state index in [0.29, 0.717) is 25.5 Å². The van der Waals surface area contributed by atoms with Crippen molar-refractivity contribution in [3.05, 3.63) is 105 Å². The standard InChI is InChI=1S/C32H40F2N4O6S.2ClH/c1-3-5-11-45(43,44)20-28(38-31(41)24-9-10-30(40)36-18-24)32(42)37-27(15-23-13-25(33)16-26(34)14-23)29(39)19-35-17-22-8-6-7-21(4-2)12-22;;/h6-10,12-14,16,18,27-29,35,39H,3-5,11,15,17,19-20H2,1-2H3,(H,36,40)(H,37,42)(H,38,41);2*1H/t27-,28+,29+;;/m0../s1. The third-order valence-electron chi connectivity index (χ3n) is 7.15. The smallest absolute Gasteiger partial charge is 0.253 e. The molecule has 2 aromatic carbocycles. The molecular weight excluding hydrogens is 677 g/mol. The van der Waals surface area contributed by atoms with Crippen LogP contribution in [0.2, 0.25) is 0 Å². The number of carbonyl (C=O) groups is 2. The van der Waals surface area contributed by atoms with Gasteiger partial charge >= 0.3 is 0 Å². The van der Waals surface area contributed by atoms with E-state index in [1.807, 2.05) is 38.1 Å². The van der Waals surface area contributed by atoms with Gasteiger partial charge in [-0.1, -0.05) is 44.5 Å². The molecule has 0 aliphatic rings. The monoisotopic (exact) mass is 718 g/mol. The summed E-state index contributed by atoms with van der Waals surface area (Å²) in [6, 6.07) is 10.3. The Hall–Kier alpha value is -3.36. The van der Waals surface area contributed by atoms with Crippen molar-refractivity contribution in [2.45, 2.75) is 64.3 Å². The summed E-state index contributed by atoms with van der Waals surface area (Å²) in [7, 11) is -3.81. The van der Waals surface area contributed by atoms with Crippen molar-refractivity contribution in [2.24, 2.45) is 0 Å². The van der Waals surface area contributed by atoms with Crippen molar-refractivity contribution >= 4 is 46.5 Å². The molecule has 0 fully saturated rings. The molecule has 0 aliphatic carbocycles. The van der Waals surface area contributed by atoms with Crippen LogP contribution in [0.3, 0.4) is 0 Å². The van der Waals surface area contributed by atoms with Crippen LogP contribution in [-0.2, 0) is 34.0 Å². The van der Waals surface area contributed by atoms with Crippen molar-refractivity contribution in [1.29, 1.82) is 0 Å². The number of carbonyl (C=O) groups excluding carboxylic acids is 2. The fourth-order valence-electron chi connectivity index (χ4n) is 4.69. The zero-order chi connectivity index (χ0) is 33.0. The highest BCUT2D eigenvalue weighted by molar-refractivity contribution is 7.91. The van der Waals surface area contributed by atoms with Gasteiger partial charge in [-0.2, -0.15) is 0 Å². The van der Waals surface area contributed by atoms with Crippen LogP contribution in [0.1, 0.15) is 53.7 Å². The summed E-state index contributed by atoms with van der Waals surface area (Å²) in [5.74, 6) is -4.34. The largest absolute Gasteiger partial charge is 0.390 e. The van der Waals surface area contributed by atoms with Gasteiger partial charge in [-0.25, -0.2) is 17.2 Å². The van der Waals surface area contributed by atoms with Crippen molar-refractivity contribution in [1.82, 2.24) is 20.9 Å². The number of aryl methyl sites for hydroxylation is 1. The fourth-order valence-corrected chi connectivity index (χ4v) is 6.33. The van der Waals surface area contributed by atoms with Gasteiger partial charge in [0.05, 0.1) is 29.2 Å². The molecule has 10 nitrogen and oxygen atoms in total. The van der Waals surface area contributed by atoms with Gasteiger partial charge in [-0.15, -0.1) is 24.8 Å². The lowest BCUT2D eigenvalue weighted by Crippen LogP contribution is -2.56. The van der Waals surface area contributed by atoms with Crippen LogP contribution in [0, 0.1) is 11.6 Å². The van der Waals surface area contributed by atoms with Gasteiger partial charge in [-0.3, -0.25) is 14.4 Å². The van der Waals surface area contributed by atoms with Crippen LogP contribution < -0.4 is 21.5 Å². The SMILES string of the molecule is CCCCS(=O)(=O)C[C@@H](NC(=O)c1ccc(=O)[nH]c1)C(=O)N[C@@H](Cc1cc(F)cc(F)c1)[C@H](O)CNCc1cccc(CC)c1.Cl.Cl. The van der Waals surface area contributed by atoms with E-state index in [2.05, 4.69) is 20.9 Å². The Labute approximate surface area is 285 Å². The fraction of sp³-hybridized carbons (Fsp3) is 0.406. The summed E-state index contributed by atoms with van der Waals surface area (Å²) in [6.07, 6.45) is 1.45. The third-order valence-corrected chi connectivity index (χ3v) is 8.90. The number of unbranched alkanes of at least 4 members (excludes halogenated alkanes) is 1. The van der Waals surface area contributed by atoms with Crippen molar-refractivity contribution in [2.75, 3.05) is 18.1 Å².